The molecule has 1 heterocycles. The third-order valence-corrected chi connectivity index (χ3v) is 3.59. The summed E-state index contributed by atoms with van der Waals surface area (Å²) in [4.78, 5) is 14.3. The topological polar surface area (TPSA) is 38.8 Å². The zero-order valence-corrected chi connectivity index (χ0v) is 11.6. The molecule has 1 atom stereocenters. The van der Waals surface area contributed by atoms with Crippen molar-refractivity contribution in [3.63, 3.8) is 0 Å². The van der Waals surface area contributed by atoms with E-state index in [0.717, 1.165) is 37.4 Å². The van der Waals surface area contributed by atoms with Crippen LogP contribution in [-0.4, -0.2) is 50.8 Å². The van der Waals surface area contributed by atoms with Crippen molar-refractivity contribution < 1.29 is 14.3 Å². The first-order valence-electron chi connectivity index (χ1n) is 6.66. The Kier molecular flexibility index (Phi) is 4.93. The zero-order chi connectivity index (χ0) is 13.7. The molecular formula is C15H21NO3. The molecule has 19 heavy (non-hydrogen) atoms. The number of hydrogen-bond acceptors (Lipinski definition) is 4. The lowest BCUT2D eigenvalue weighted by Gasteiger charge is -2.30. The highest BCUT2D eigenvalue weighted by molar-refractivity contribution is 5.78. The Bertz CT molecular complexity index is 427. The number of morpholine rings is 1. The number of carbonyl (C=O) groups is 1. The molecule has 1 aromatic rings. The Hall–Kier alpha value is -1.39. The molecule has 1 aliphatic heterocycles. The number of methoxy groups -OCH3 is 1. The van der Waals surface area contributed by atoms with E-state index >= 15 is 0 Å². The van der Waals surface area contributed by atoms with Crippen LogP contribution < -0.4 is 0 Å². The monoisotopic (exact) mass is 263 g/mol. The molecule has 1 aliphatic rings. The minimum Gasteiger partial charge on any atom is -0.469 e. The van der Waals surface area contributed by atoms with Crippen molar-refractivity contribution in [1.29, 1.82) is 0 Å². The second-order valence-corrected chi connectivity index (χ2v) is 4.85. The quantitative estimate of drug-likeness (QED) is 0.773. The van der Waals surface area contributed by atoms with E-state index in [2.05, 4.69) is 4.90 Å². The van der Waals surface area contributed by atoms with Gasteiger partial charge in [-0.3, -0.25) is 9.69 Å². The highest BCUT2D eigenvalue weighted by atomic mass is 16.5. The van der Waals surface area contributed by atoms with Crippen LogP contribution in [0.1, 0.15) is 17.0 Å². The molecule has 1 fully saturated rings. The second kappa shape index (κ2) is 6.68. The number of carbonyl (C=O) groups excluding carboxylic acids is 1. The van der Waals surface area contributed by atoms with Gasteiger partial charge in [0.25, 0.3) is 0 Å². The average Bonchev–Trinajstić information content (AvgIpc) is 2.46. The molecule has 4 nitrogen and oxygen atoms in total. The summed E-state index contributed by atoms with van der Waals surface area (Å²) in [6.45, 7) is 5.95. The van der Waals surface area contributed by atoms with E-state index in [1.54, 1.807) is 0 Å². The average molecular weight is 263 g/mol. The smallest absolute Gasteiger partial charge is 0.314 e. The Morgan fingerprint density at radius 3 is 2.68 bits per heavy atom. The van der Waals surface area contributed by atoms with Crippen molar-refractivity contribution in [2.75, 3.05) is 40.0 Å². The van der Waals surface area contributed by atoms with Crippen molar-refractivity contribution in [1.82, 2.24) is 4.90 Å². The number of hydrogen-bond donors (Lipinski definition) is 0. The maximum Gasteiger partial charge on any atom is 0.314 e. The van der Waals surface area contributed by atoms with Gasteiger partial charge in [0.15, 0.2) is 0 Å². The van der Waals surface area contributed by atoms with Gasteiger partial charge in [0.05, 0.1) is 26.2 Å². The van der Waals surface area contributed by atoms with Gasteiger partial charge in [-0.2, -0.15) is 0 Å². The number of aryl methyl sites for hydroxylation is 1. The van der Waals surface area contributed by atoms with Gasteiger partial charge < -0.3 is 9.47 Å². The lowest BCUT2D eigenvalue weighted by molar-refractivity contribution is -0.143. The first kappa shape index (κ1) is 14.0. The molecule has 0 radical (unpaired) electrons. The maximum atomic E-state index is 12.1. The van der Waals surface area contributed by atoms with Crippen molar-refractivity contribution in [3.05, 3.63) is 35.4 Å². The molecule has 104 valence electrons. The lowest BCUT2D eigenvalue weighted by atomic mass is 9.94. The van der Waals surface area contributed by atoms with Gasteiger partial charge >= 0.3 is 5.97 Å². The minimum absolute atomic E-state index is 0.166. The third kappa shape index (κ3) is 3.55. The van der Waals surface area contributed by atoms with E-state index in [1.165, 1.54) is 7.11 Å². The summed E-state index contributed by atoms with van der Waals surface area (Å²) in [6, 6.07) is 8.00. The Morgan fingerprint density at radius 1 is 1.37 bits per heavy atom. The number of rotatable bonds is 4. The van der Waals surface area contributed by atoms with Crippen molar-refractivity contribution >= 4 is 5.97 Å². The molecule has 2 rings (SSSR count). The van der Waals surface area contributed by atoms with E-state index in [-0.39, 0.29) is 11.9 Å². The fourth-order valence-electron chi connectivity index (χ4n) is 2.46. The maximum absolute atomic E-state index is 12.1. The number of ether oxygens (including phenoxy) is 2. The van der Waals surface area contributed by atoms with Gasteiger partial charge in [0, 0.05) is 19.6 Å². The van der Waals surface area contributed by atoms with Crippen LogP contribution in [0, 0.1) is 6.92 Å². The van der Waals surface area contributed by atoms with E-state index in [0.29, 0.717) is 6.54 Å². The molecule has 0 spiro atoms. The summed E-state index contributed by atoms with van der Waals surface area (Å²) in [6.07, 6.45) is 0. The van der Waals surface area contributed by atoms with Gasteiger partial charge in [-0.05, 0) is 18.1 Å². The molecule has 0 bridgehead atoms. The predicted octanol–water partition coefficient (Wildman–Crippen LogP) is 1.58. The molecule has 1 unspecified atom stereocenters. The highest BCUT2D eigenvalue weighted by Crippen LogP contribution is 2.22. The van der Waals surface area contributed by atoms with E-state index in [1.807, 2.05) is 31.2 Å². The van der Waals surface area contributed by atoms with Crippen LogP contribution in [0.3, 0.4) is 0 Å². The number of nitrogens with zero attached hydrogens (tertiary/aromatic N) is 1. The molecule has 1 saturated heterocycles. The molecule has 1 aromatic carbocycles. The second-order valence-electron chi connectivity index (χ2n) is 4.85. The lowest BCUT2D eigenvalue weighted by Crippen LogP contribution is -2.40. The van der Waals surface area contributed by atoms with Crippen LogP contribution in [-0.2, 0) is 14.3 Å². The fraction of sp³-hybridized carbons (Fsp3) is 0.533. The predicted molar refractivity (Wildman–Crippen MR) is 73.2 cm³/mol. The van der Waals surface area contributed by atoms with Crippen molar-refractivity contribution in [2.45, 2.75) is 12.8 Å². The Labute approximate surface area is 114 Å². The normalized spacial score (nSPS) is 18.0. The summed E-state index contributed by atoms with van der Waals surface area (Å²) < 4.78 is 10.3. The molecule has 0 N–H and O–H groups in total. The fourth-order valence-corrected chi connectivity index (χ4v) is 2.46. The molecule has 0 amide bonds. The number of esters is 1. The molecular weight excluding hydrogens is 242 g/mol. The summed E-state index contributed by atoms with van der Waals surface area (Å²) in [5.41, 5.74) is 2.19. The minimum atomic E-state index is -0.218. The first-order valence-corrected chi connectivity index (χ1v) is 6.66. The van der Waals surface area contributed by atoms with Gasteiger partial charge in [-0.15, -0.1) is 0 Å². The summed E-state index contributed by atoms with van der Waals surface area (Å²) >= 11 is 0. The van der Waals surface area contributed by atoms with Crippen LogP contribution in [0.25, 0.3) is 0 Å². The Morgan fingerprint density at radius 2 is 2.05 bits per heavy atom. The van der Waals surface area contributed by atoms with Gasteiger partial charge in [-0.1, -0.05) is 24.3 Å². The van der Waals surface area contributed by atoms with Gasteiger partial charge in [-0.25, -0.2) is 0 Å². The van der Waals surface area contributed by atoms with Crippen LogP contribution >= 0.6 is 0 Å². The van der Waals surface area contributed by atoms with Crippen LogP contribution in [0.15, 0.2) is 24.3 Å². The van der Waals surface area contributed by atoms with Crippen molar-refractivity contribution in [3.8, 4) is 0 Å². The Balaban J connectivity index is 2.16. The molecule has 4 heteroatoms. The summed E-state index contributed by atoms with van der Waals surface area (Å²) in [7, 11) is 1.45. The van der Waals surface area contributed by atoms with Gasteiger partial charge in [0.2, 0.25) is 0 Å². The van der Waals surface area contributed by atoms with Crippen LogP contribution in [0.5, 0.6) is 0 Å². The SMILES string of the molecule is COC(=O)C(CN1CCOCC1)c1ccccc1C. The molecule has 0 saturated carbocycles. The molecule has 0 aliphatic carbocycles. The van der Waals surface area contributed by atoms with Crippen LogP contribution in [0.2, 0.25) is 0 Å². The highest BCUT2D eigenvalue weighted by Gasteiger charge is 2.26. The standard InChI is InChI=1S/C15H21NO3/c1-12-5-3-4-6-13(12)14(15(17)18-2)11-16-7-9-19-10-8-16/h3-6,14H,7-11H2,1-2H3. The van der Waals surface area contributed by atoms with E-state index < -0.39 is 0 Å². The van der Waals surface area contributed by atoms with Gasteiger partial charge in [0.1, 0.15) is 0 Å². The van der Waals surface area contributed by atoms with E-state index in [9.17, 15) is 4.79 Å². The first-order chi connectivity index (χ1) is 9.22. The number of benzene rings is 1. The largest absolute Gasteiger partial charge is 0.469 e. The molecule has 0 aromatic heterocycles. The summed E-state index contributed by atoms with van der Waals surface area (Å²) in [5.74, 6) is -0.384. The van der Waals surface area contributed by atoms with Crippen molar-refractivity contribution in [2.24, 2.45) is 0 Å². The summed E-state index contributed by atoms with van der Waals surface area (Å²) in [5, 5.41) is 0. The zero-order valence-electron chi connectivity index (χ0n) is 11.6. The van der Waals surface area contributed by atoms with E-state index in [4.69, 9.17) is 9.47 Å². The third-order valence-electron chi connectivity index (χ3n) is 3.59. The van der Waals surface area contributed by atoms with Crippen LogP contribution in [0.4, 0.5) is 0 Å².